The van der Waals surface area contributed by atoms with Crippen LogP contribution in [0.15, 0.2) is 48.5 Å². The molecule has 0 N–H and O–H groups in total. The average Bonchev–Trinajstić information content (AvgIpc) is 2.47. The van der Waals surface area contributed by atoms with Gasteiger partial charge in [-0.3, -0.25) is 0 Å². The van der Waals surface area contributed by atoms with Crippen LogP contribution >= 0.6 is 11.6 Å². The summed E-state index contributed by atoms with van der Waals surface area (Å²) < 4.78 is 0. The Hall–Kier alpha value is -1.27. The minimum atomic E-state index is 0.491. The number of alkyl halides is 1. The summed E-state index contributed by atoms with van der Waals surface area (Å²) in [7, 11) is 0. The molecule has 0 unspecified atom stereocenters. The largest absolute Gasteiger partial charge is 0.126 e. The molecule has 3 aliphatic rings. The highest BCUT2D eigenvalue weighted by atomic mass is 35.5. The Morgan fingerprint density at radius 3 is 1.63 bits per heavy atom. The van der Waals surface area contributed by atoms with E-state index in [4.69, 9.17) is 11.6 Å². The van der Waals surface area contributed by atoms with E-state index in [1.165, 1.54) is 22.3 Å². The molecule has 0 fully saturated rings. The average molecular weight is 269 g/mol. The summed E-state index contributed by atoms with van der Waals surface area (Å²) in [5.74, 6) is 2.97. The van der Waals surface area contributed by atoms with Crippen LogP contribution in [0.5, 0.6) is 0 Å². The minimum Gasteiger partial charge on any atom is -0.126 e. The highest BCUT2D eigenvalue weighted by molar-refractivity contribution is 6.18. The maximum Gasteiger partial charge on any atom is 0.0263 e. The fourth-order valence-electron chi connectivity index (χ4n) is 4.30. The molecule has 19 heavy (non-hydrogen) atoms. The number of benzene rings is 2. The smallest absolute Gasteiger partial charge is 0.0263 e. The molecule has 0 aromatic heterocycles. The second-order valence-electron chi connectivity index (χ2n) is 5.89. The molecule has 2 atom stereocenters. The van der Waals surface area contributed by atoms with E-state index in [1.807, 2.05) is 0 Å². The van der Waals surface area contributed by atoms with Gasteiger partial charge in [0.2, 0.25) is 0 Å². The van der Waals surface area contributed by atoms with Gasteiger partial charge < -0.3 is 0 Å². The maximum atomic E-state index is 6.30. The second kappa shape index (κ2) is 4.11. The van der Waals surface area contributed by atoms with Crippen molar-refractivity contribution in [3.8, 4) is 0 Å². The molecule has 2 aromatic rings. The Balaban J connectivity index is 2.03. The summed E-state index contributed by atoms with van der Waals surface area (Å²) in [4.78, 5) is 0. The third kappa shape index (κ3) is 1.41. The number of fused-ring (bicyclic) bond motifs is 1. The summed E-state index contributed by atoms with van der Waals surface area (Å²) in [5, 5.41) is 0. The van der Waals surface area contributed by atoms with Crippen LogP contribution in [0.25, 0.3) is 0 Å². The van der Waals surface area contributed by atoms with Crippen LogP contribution in [0, 0.1) is 11.8 Å². The van der Waals surface area contributed by atoms with Gasteiger partial charge in [0.15, 0.2) is 0 Å². The lowest BCUT2D eigenvalue weighted by Gasteiger charge is -2.49. The highest BCUT2D eigenvalue weighted by Gasteiger charge is 2.46. The second-order valence-corrected chi connectivity index (χ2v) is 6.20. The first-order valence-electron chi connectivity index (χ1n) is 7.06. The van der Waals surface area contributed by atoms with E-state index in [0.717, 1.165) is 5.88 Å². The van der Waals surface area contributed by atoms with Gasteiger partial charge >= 0.3 is 0 Å². The standard InChI is InChI=1S/C18H17Cl/c1-11-16(10-19)18-14-8-4-2-6-12(14)17(11)13-7-3-5-9-15(13)18/h2-9,11,16-18H,10H2,1H3/t11-,16-,17?,18?/m1/s1. The Morgan fingerprint density at radius 1 is 0.789 bits per heavy atom. The Labute approximate surface area is 119 Å². The molecular weight excluding hydrogens is 252 g/mol. The first-order valence-corrected chi connectivity index (χ1v) is 7.60. The molecule has 0 spiro atoms. The van der Waals surface area contributed by atoms with Gasteiger partial charge in [-0.05, 0) is 34.1 Å². The summed E-state index contributed by atoms with van der Waals surface area (Å²) in [6.07, 6.45) is 0. The fraction of sp³-hybridized carbons (Fsp3) is 0.333. The van der Waals surface area contributed by atoms with E-state index < -0.39 is 0 Å². The lowest BCUT2D eigenvalue weighted by atomic mass is 9.55. The highest BCUT2D eigenvalue weighted by Crippen LogP contribution is 2.58. The van der Waals surface area contributed by atoms with Crippen LogP contribution in [-0.4, -0.2) is 5.88 Å². The zero-order valence-corrected chi connectivity index (χ0v) is 11.8. The minimum absolute atomic E-state index is 0.491. The van der Waals surface area contributed by atoms with E-state index >= 15 is 0 Å². The van der Waals surface area contributed by atoms with E-state index in [0.29, 0.717) is 23.7 Å². The van der Waals surface area contributed by atoms with Gasteiger partial charge in [0.1, 0.15) is 0 Å². The van der Waals surface area contributed by atoms with E-state index in [2.05, 4.69) is 55.5 Å². The van der Waals surface area contributed by atoms with Crippen molar-refractivity contribution >= 4 is 11.6 Å². The van der Waals surface area contributed by atoms with E-state index in [-0.39, 0.29) is 0 Å². The molecule has 0 radical (unpaired) electrons. The monoisotopic (exact) mass is 268 g/mol. The topological polar surface area (TPSA) is 0 Å². The number of hydrogen-bond acceptors (Lipinski definition) is 0. The van der Waals surface area contributed by atoms with Gasteiger partial charge in [0.25, 0.3) is 0 Å². The number of hydrogen-bond donors (Lipinski definition) is 0. The molecule has 2 aromatic carbocycles. The van der Waals surface area contributed by atoms with Gasteiger partial charge in [-0.15, -0.1) is 11.6 Å². The SMILES string of the molecule is C[C@H]1C2c3ccccc3C(c3ccccc32)[C@@H]1CCl. The van der Waals surface area contributed by atoms with Crippen molar-refractivity contribution in [2.24, 2.45) is 11.8 Å². The maximum absolute atomic E-state index is 6.30. The van der Waals surface area contributed by atoms with Gasteiger partial charge in [-0.2, -0.15) is 0 Å². The van der Waals surface area contributed by atoms with Crippen molar-refractivity contribution in [1.82, 2.24) is 0 Å². The van der Waals surface area contributed by atoms with Crippen LogP contribution < -0.4 is 0 Å². The van der Waals surface area contributed by atoms with Gasteiger partial charge in [-0.1, -0.05) is 55.5 Å². The molecule has 0 nitrogen and oxygen atoms in total. The molecule has 0 saturated heterocycles. The third-order valence-corrected chi connectivity index (χ3v) is 5.50. The molecule has 0 saturated carbocycles. The van der Waals surface area contributed by atoms with Crippen molar-refractivity contribution in [2.45, 2.75) is 18.8 Å². The first kappa shape index (κ1) is 11.5. The molecule has 0 amide bonds. The molecule has 3 aliphatic carbocycles. The van der Waals surface area contributed by atoms with Gasteiger partial charge in [-0.25, -0.2) is 0 Å². The van der Waals surface area contributed by atoms with Crippen molar-refractivity contribution in [1.29, 1.82) is 0 Å². The van der Waals surface area contributed by atoms with E-state index in [9.17, 15) is 0 Å². The zero-order chi connectivity index (χ0) is 13.0. The Kier molecular flexibility index (Phi) is 2.50. The normalized spacial score (nSPS) is 30.8. The van der Waals surface area contributed by atoms with Crippen molar-refractivity contribution in [3.63, 3.8) is 0 Å². The fourth-order valence-corrected chi connectivity index (χ4v) is 4.76. The quantitative estimate of drug-likeness (QED) is 0.654. The lowest BCUT2D eigenvalue weighted by molar-refractivity contribution is 0.274. The molecule has 5 rings (SSSR count). The van der Waals surface area contributed by atoms with Crippen LogP contribution in [0.4, 0.5) is 0 Å². The van der Waals surface area contributed by atoms with E-state index in [1.54, 1.807) is 0 Å². The molecule has 96 valence electrons. The summed E-state index contributed by atoms with van der Waals surface area (Å²) >= 11 is 6.30. The van der Waals surface area contributed by atoms with Crippen molar-refractivity contribution in [2.75, 3.05) is 5.88 Å². The summed E-state index contributed by atoms with van der Waals surface area (Å²) in [6.45, 7) is 2.37. The Bertz CT molecular complexity index is 584. The van der Waals surface area contributed by atoms with Gasteiger partial charge in [0, 0.05) is 17.7 Å². The molecule has 0 heterocycles. The molecule has 1 heteroatoms. The van der Waals surface area contributed by atoms with Crippen molar-refractivity contribution < 1.29 is 0 Å². The van der Waals surface area contributed by atoms with Crippen LogP contribution in [-0.2, 0) is 0 Å². The number of rotatable bonds is 1. The first-order chi connectivity index (χ1) is 9.33. The molecule has 0 aliphatic heterocycles. The Morgan fingerprint density at radius 2 is 1.21 bits per heavy atom. The molecular formula is C18H17Cl. The summed E-state index contributed by atoms with van der Waals surface area (Å²) in [6, 6.07) is 17.9. The summed E-state index contributed by atoms with van der Waals surface area (Å²) in [5.41, 5.74) is 6.07. The lowest BCUT2D eigenvalue weighted by Crippen LogP contribution is -2.39. The predicted octanol–water partition coefficient (Wildman–Crippen LogP) is 4.77. The van der Waals surface area contributed by atoms with Crippen molar-refractivity contribution in [3.05, 3.63) is 70.8 Å². The predicted molar refractivity (Wildman–Crippen MR) is 79.9 cm³/mol. The van der Waals surface area contributed by atoms with Gasteiger partial charge in [0.05, 0.1) is 0 Å². The number of halogens is 1. The van der Waals surface area contributed by atoms with Crippen LogP contribution in [0.3, 0.4) is 0 Å². The third-order valence-electron chi connectivity index (χ3n) is 5.14. The van der Waals surface area contributed by atoms with Crippen LogP contribution in [0.2, 0.25) is 0 Å². The zero-order valence-electron chi connectivity index (χ0n) is 11.0. The molecule has 2 bridgehead atoms. The van der Waals surface area contributed by atoms with Crippen LogP contribution in [0.1, 0.15) is 41.0 Å².